The van der Waals surface area contributed by atoms with E-state index in [-0.39, 0.29) is 11.9 Å². The van der Waals surface area contributed by atoms with Crippen LogP contribution in [0.1, 0.15) is 23.0 Å². The van der Waals surface area contributed by atoms with Crippen molar-refractivity contribution in [3.05, 3.63) is 77.7 Å². The van der Waals surface area contributed by atoms with E-state index in [1.165, 1.54) is 5.56 Å². The van der Waals surface area contributed by atoms with Crippen molar-refractivity contribution in [2.24, 2.45) is 11.5 Å². The van der Waals surface area contributed by atoms with E-state index in [1.54, 1.807) is 6.20 Å². The summed E-state index contributed by atoms with van der Waals surface area (Å²) in [5, 5.41) is 7.42. The molecule has 6 N–H and O–H groups in total. The summed E-state index contributed by atoms with van der Waals surface area (Å²) in [6.45, 7) is 0. The fourth-order valence-corrected chi connectivity index (χ4v) is 2.47. The van der Waals surface area contributed by atoms with Crippen molar-refractivity contribution in [1.29, 1.82) is 5.41 Å². The number of hydrogen-bond acceptors (Lipinski definition) is 3. The standard InChI is InChI=1S/C18H19N5/c19-15(10-12-4-2-1-3-5-12)18-22-11-16(23-18)13-6-8-14(9-7-13)17(20)21/h1-9,11,15H,10,19H2,(H3,20,21)(H,22,23)/t15-/m0/s1. The lowest BCUT2D eigenvalue weighted by Crippen LogP contribution is -2.14. The average Bonchev–Trinajstić information content (AvgIpc) is 3.06. The van der Waals surface area contributed by atoms with Gasteiger partial charge in [0.2, 0.25) is 0 Å². The van der Waals surface area contributed by atoms with Gasteiger partial charge in [-0.25, -0.2) is 4.98 Å². The molecule has 0 bridgehead atoms. The third-order valence-electron chi connectivity index (χ3n) is 3.75. The highest BCUT2D eigenvalue weighted by atomic mass is 15.0. The van der Waals surface area contributed by atoms with Crippen LogP contribution >= 0.6 is 0 Å². The van der Waals surface area contributed by atoms with E-state index in [1.807, 2.05) is 42.5 Å². The molecule has 2 aromatic carbocycles. The second-order valence-corrected chi connectivity index (χ2v) is 5.47. The Kier molecular flexibility index (Phi) is 4.21. The molecule has 0 radical (unpaired) electrons. The number of nitrogens with one attached hydrogen (secondary N) is 2. The van der Waals surface area contributed by atoms with E-state index in [9.17, 15) is 0 Å². The summed E-state index contributed by atoms with van der Waals surface area (Å²) in [4.78, 5) is 7.68. The summed E-state index contributed by atoms with van der Waals surface area (Å²) in [5.74, 6) is 0.825. The van der Waals surface area contributed by atoms with Crippen molar-refractivity contribution < 1.29 is 0 Å². The molecule has 0 saturated heterocycles. The number of rotatable bonds is 5. The molecule has 0 saturated carbocycles. The SMILES string of the molecule is N=C(N)c1ccc(-c2cnc([C@@H](N)Cc3ccccc3)[nH]2)cc1. The predicted octanol–water partition coefficient (Wildman–Crippen LogP) is 2.60. The third kappa shape index (κ3) is 3.46. The lowest BCUT2D eigenvalue weighted by atomic mass is 10.1. The normalized spacial score (nSPS) is 12.0. The number of benzene rings is 2. The highest BCUT2D eigenvalue weighted by Crippen LogP contribution is 2.20. The molecule has 3 aromatic rings. The van der Waals surface area contributed by atoms with Crippen LogP contribution in [0.5, 0.6) is 0 Å². The van der Waals surface area contributed by atoms with Gasteiger partial charge in [-0.2, -0.15) is 0 Å². The van der Waals surface area contributed by atoms with Crippen molar-refractivity contribution in [3.63, 3.8) is 0 Å². The van der Waals surface area contributed by atoms with Crippen LogP contribution in [0, 0.1) is 5.41 Å². The summed E-state index contributed by atoms with van der Waals surface area (Å²) < 4.78 is 0. The van der Waals surface area contributed by atoms with Gasteiger partial charge in [0.1, 0.15) is 11.7 Å². The number of nitrogen functional groups attached to an aromatic ring is 1. The van der Waals surface area contributed by atoms with Crippen molar-refractivity contribution in [2.45, 2.75) is 12.5 Å². The molecule has 0 aliphatic carbocycles. The molecule has 0 fully saturated rings. The maximum Gasteiger partial charge on any atom is 0.123 e. The Bertz CT molecular complexity index is 790. The fraction of sp³-hybridized carbons (Fsp3) is 0.111. The first-order valence-electron chi connectivity index (χ1n) is 7.43. The number of amidine groups is 1. The van der Waals surface area contributed by atoms with Crippen LogP contribution in [0.4, 0.5) is 0 Å². The van der Waals surface area contributed by atoms with Crippen LogP contribution in [0.2, 0.25) is 0 Å². The zero-order chi connectivity index (χ0) is 16.2. The van der Waals surface area contributed by atoms with E-state index in [0.717, 1.165) is 23.5 Å². The van der Waals surface area contributed by atoms with Gasteiger partial charge in [-0.15, -0.1) is 0 Å². The molecule has 0 aliphatic heterocycles. The number of nitrogens with two attached hydrogens (primary N) is 2. The summed E-state index contributed by atoms with van der Waals surface area (Å²) in [6, 6.07) is 17.4. The number of aromatic amines is 1. The first-order chi connectivity index (χ1) is 11.1. The average molecular weight is 305 g/mol. The highest BCUT2D eigenvalue weighted by Gasteiger charge is 2.12. The van der Waals surface area contributed by atoms with Gasteiger partial charge in [0.05, 0.1) is 17.9 Å². The Balaban J connectivity index is 1.76. The number of nitrogens with zero attached hydrogens (tertiary/aromatic N) is 1. The Morgan fingerprint density at radius 1 is 1.09 bits per heavy atom. The van der Waals surface area contributed by atoms with Gasteiger partial charge in [0.25, 0.3) is 0 Å². The number of H-pyrrole nitrogens is 1. The van der Waals surface area contributed by atoms with Gasteiger partial charge in [-0.05, 0) is 17.5 Å². The zero-order valence-electron chi connectivity index (χ0n) is 12.7. The Morgan fingerprint density at radius 3 is 2.43 bits per heavy atom. The van der Waals surface area contributed by atoms with Crippen LogP contribution in [0.15, 0.2) is 60.8 Å². The minimum Gasteiger partial charge on any atom is -0.384 e. The lowest BCUT2D eigenvalue weighted by molar-refractivity contribution is 0.678. The molecule has 1 heterocycles. The molecule has 5 heteroatoms. The zero-order valence-corrected chi connectivity index (χ0v) is 12.7. The van der Waals surface area contributed by atoms with Crippen LogP contribution in [-0.4, -0.2) is 15.8 Å². The quantitative estimate of drug-likeness (QED) is 0.430. The van der Waals surface area contributed by atoms with Gasteiger partial charge in [-0.1, -0.05) is 54.6 Å². The molecule has 1 aromatic heterocycles. The van der Waals surface area contributed by atoms with Gasteiger partial charge in [0, 0.05) is 5.56 Å². The number of aromatic nitrogens is 2. The predicted molar refractivity (Wildman–Crippen MR) is 92.1 cm³/mol. The molecule has 23 heavy (non-hydrogen) atoms. The van der Waals surface area contributed by atoms with E-state index >= 15 is 0 Å². The molecule has 0 amide bonds. The Morgan fingerprint density at radius 2 is 1.78 bits per heavy atom. The molecule has 116 valence electrons. The third-order valence-corrected chi connectivity index (χ3v) is 3.75. The van der Waals surface area contributed by atoms with Gasteiger partial charge in [0.15, 0.2) is 0 Å². The summed E-state index contributed by atoms with van der Waals surface area (Å²) in [6.07, 6.45) is 2.51. The lowest BCUT2D eigenvalue weighted by Gasteiger charge is -2.08. The minimum atomic E-state index is -0.178. The largest absolute Gasteiger partial charge is 0.384 e. The van der Waals surface area contributed by atoms with E-state index in [4.69, 9.17) is 16.9 Å². The Hall–Kier alpha value is -2.92. The highest BCUT2D eigenvalue weighted by molar-refractivity contribution is 5.95. The van der Waals surface area contributed by atoms with Gasteiger partial charge in [-0.3, -0.25) is 5.41 Å². The van der Waals surface area contributed by atoms with Crippen molar-refractivity contribution in [2.75, 3.05) is 0 Å². The van der Waals surface area contributed by atoms with Crippen molar-refractivity contribution in [3.8, 4) is 11.3 Å². The molecular weight excluding hydrogens is 286 g/mol. The first kappa shape index (κ1) is 15.0. The maximum absolute atomic E-state index is 7.42. The molecule has 0 unspecified atom stereocenters. The van der Waals surface area contributed by atoms with Crippen molar-refractivity contribution >= 4 is 5.84 Å². The molecule has 0 aliphatic rings. The second-order valence-electron chi connectivity index (χ2n) is 5.47. The Labute approximate surface area is 134 Å². The smallest absolute Gasteiger partial charge is 0.123 e. The summed E-state index contributed by atoms with van der Waals surface area (Å²) >= 11 is 0. The van der Waals surface area contributed by atoms with E-state index in [2.05, 4.69) is 22.1 Å². The van der Waals surface area contributed by atoms with Crippen LogP contribution in [0.3, 0.4) is 0 Å². The van der Waals surface area contributed by atoms with E-state index in [0.29, 0.717) is 5.56 Å². The molecular formula is C18H19N5. The molecule has 3 rings (SSSR count). The number of imidazole rings is 1. The minimum absolute atomic E-state index is 0.0618. The van der Waals surface area contributed by atoms with Crippen LogP contribution in [0.25, 0.3) is 11.3 Å². The number of hydrogen-bond donors (Lipinski definition) is 4. The maximum atomic E-state index is 7.42. The molecule has 1 atom stereocenters. The fourth-order valence-electron chi connectivity index (χ4n) is 2.47. The monoisotopic (exact) mass is 305 g/mol. The van der Waals surface area contributed by atoms with Crippen LogP contribution in [-0.2, 0) is 6.42 Å². The topological polar surface area (TPSA) is 105 Å². The van der Waals surface area contributed by atoms with Crippen LogP contribution < -0.4 is 11.5 Å². The van der Waals surface area contributed by atoms with Gasteiger partial charge >= 0.3 is 0 Å². The molecule has 0 spiro atoms. The summed E-state index contributed by atoms with van der Waals surface area (Å²) in [7, 11) is 0. The van der Waals surface area contributed by atoms with E-state index < -0.39 is 0 Å². The van der Waals surface area contributed by atoms with Crippen molar-refractivity contribution in [1.82, 2.24) is 9.97 Å². The van der Waals surface area contributed by atoms with Gasteiger partial charge < -0.3 is 16.5 Å². The summed E-state index contributed by atoms with van der Waals surface area (Å²) in [5.41, 5.74) is 15.5. The molecule has 5 nitrogen and oxygen atoms in total. The first-order valence-corrected chi connectivity index (χ1v) is 7.43. The second kappa shape index (κ2) is 6.46.